The third kappa shape index (κ3) is 9.39. The van der Waals surface area contributed by atoms with Gasteiger partial charge < -0.3 is 38.8 Å². The molecule has 4 aromatic rings. The minimum absolute atomic E-state index is 0.0598. The molecule has 4 aliphatic rings. The molecule has 2 N–H and O–H groups in total. The number of morpholine rings is 1. The summed E-state index contributed by atoms with van der Waals surface area (Å²) < 4.78 is 20.0. The number of nitrogens with one attached hydrogen (secondary N) is 2. The molecular weight excluding hydrogens is 887 g/mol. The van der Waals surface area contributed by atoms with Crippen LogP contribution in [-0.4, -0.2) is 148 Å². The van der Waals surface area contributed by atoms with Crippen LogP contribution in [0.3, 0.4) is 0 Å². The predicted molar refractivity (Wildman–Crippen MR) is 258 cm³/mol. The fourth-order valence-electron chi connectivity index (χ4n) is 10.3. The van der Waals surface area contributed by atoms with Gasteiger partial charge in [-0.1, -0.05) is 40.3 Å². The standard InChI is InChI=1S/C50H65N9O8S/c1-10-41(60)56-26-50(27-56)29-66-21-20-58(50)48(64)55(8)43(30(3)4)45(61)53-37-23-40-52-38(25-68-40)32-16-17-39-34(22-32)35(44(57(39)11-2)33-14-12-18-51-42(33)31(5)65-9)24-49(6,7)28-67-47(63)36-15-13-19-59(54-36)46(37)62/h10,12,14,16-18,22,25,30-31,36-37,43,54H,1,11,13,15,19-21,23-24,26-29H2,2-9H3,(H,53,61)/t31-,36-,37-,43-/m0/s1. The molecule has 364 valence electrons. The summed E-state index contributed by atoms with van der Waals surface area (Å²) in [6.07, 6.45) is 4.40. The molecule has 1 spiro atoms. The number of rotatable bonds is 9. The Balaban J connectivity index is 1.15. The Bertz CT molecular complexity index is 2580. The molecule has 0 unspecified atom stereocenters. The largest absolute Gasteiger partial charge is 0.464 e. The van der Waals surface area contributed by atoms with Crippen LogP contribution in [0.1, 0.15) is 76.8 Å². The van der Waals surface area contributed by atoms with Crippen LogP contribution in [-0.2, 0) is 52.8 Å². The summed E-state index contributed by atoms with van der Waals surface area (Å²) in [4.78, 5) is 84.8. The van der Waals surface area contributed by atoms with Gasteiger partial charge in [0, 0.05) is 92.3 Å². The number of urea groups is 1. The number of cyclic esters (lactones) is 1. The number of carbonyl (C=O) groups is 5. The van der Waals surface area contributed by atoms with Crippen molar-refractivity contribution in [1.29, 1.82) is 0 Å². The van der Waals surface area contributed by atoms with Gasteiger partial charge >= 0.3 is 12.0 Å². The number of carbonyl (C=O) groups excluding carboxylic acids is 5. The average molecular weight is 952 g/mol. The lowest BCUT2D eigenvalue weighted by Gasteiger charge is -2.57. The highest BCUT2D eigenvalue weighted by Gasteiger charge is 2.54. The lowest BCUT2D eigenvalue weighted by atomic mass is 9.84. The van der Waals surface area contributed by atoms with Crippen LogP contribution in [0.15, 0.2) is 54.6 Å². The normalized spacial score (nSPS) is 21.5. The average Bonchev–Trinajstić information content (AvgIpc) is 3.92. The number of esters is 1. The van der Waals surface area contributed by atoms with Gasteiger partial charge in [-0.15, -0.1) is 11.3 Å². The van der Waals surface area contributed by atoms with Gasteiger partial charge in [0.2, 0.25) is 11.8 Å². The van der Waals surface area contributed by atoms with E-state index >= 15 is 0 Å². The molecule has 4 aliphatic heterocycles. The molecule has 4 atom stereocenters. The van der Waals surface area contributed by atoms with E-state index in [0.29, 0.717) is 63.6 Å². The van der Waals surface area contributed by atoms with E-state index in [9.17, 15) is 24.0 Å². The van der Waals surface area contributed by atoms with Crippen molar-refractivity contribution < 1.29 is 38.2 Å². The molecule has 7 heterocycles. The number of amides is 5. The second kappa shape index (κ2) is 19.7. The molecule has 68 heavy (non-hydrogen) atoms. The maximum absolute atomic E-state index is 14.7. The molecule has 0 aliphatic carbocycles. The van der Waals surface area contributed by atoms with Crippen molar-refractivity contribution in [1.82, 2.24) is 45.0 Å². The summed E-state index contributed by atoms with van der Waals surface area (Å²) in [5.74, 6) is -1.98. The monoisotopic (exact) mass is 951 g/mol. The Morgan fingerprint density at radius 1 is 1.13 bits per heavy atom. The van der Waals surface area contributed by atoms with Gasteiger partial charge in [-0.05, 0) is 74.9 Å². The fourth-order valence-corrected chi connectivity index (χ4v) is 11.1. The van der Waals surface area contributed by atoms with E-state index in [0.717, 1.165) is 44.7 Å². The van der Waals surface area contributed by atoms with Gasteiger partial charge in [0.25, 0.3) is 5.91 Å². The topological polar surface area (TPSA) is 181 Å². The van der Waals surface area contributed by atoms with Crippen LogP contribution in [0.25, 0.3) is 33.4 Å². The quantitative estimate of drug-likeness (QED) is 0.163. The first-order chi connectivity index (χ1) is 32.5. The number of methoxy groups -OCH3 is 1. The summed E-state index contributed by atoms with van der Waals surface area (Å²) in [6, 6.07) is 7.15. The lowest BCUT2D eigenvalue weighted by molar-refractivity contribution is -0.156. The molecule has 5 amide bonds. The van der Waals surface area contributed by atoms with Crippen LogP contribution in [0.5, 0.6) is 0 Å². The van der Waals surface area contributed by atoms with Crippen molar-refractivity contribution in [2.24, 2.45) is 11.3 Å². The molecule has 1 aromatic carbocycles. The van der Waals surface area contributed by atoms with E-state index in [-0.39, 0.29) is 43.6 Å². The highest BCUT2D eigenvalue weighted by molar-refractivity contribution is 7.10. The zero-order valence-electron chi connectivity index (χ0n) is 40.5. The van der Waals surface area contributed by atoms with E-state index in [1.807, 2.05) is 32.2 Å². The van der Waals surface area contributed by atoms with Gasteiger partial charge in [0.1, 0.15) is 23.7 Å². The maximum atomic E-state index is 14.7. The predicted octanol–water partition coefficient (Wildman–Crippen LogP) is 5.38. The summed E-state index contributed by atoms with van der Waals surface area (Å²) in [5.41, 5.74) is 8.49. The minimum atomic E-state index is -1.11. The van der Waals surface area contributed by atoms with E-state index < -0.39 is 46.9 Å². The van der Waals surface area contributed by atoms with Crippen molar-refractivity contribution in [2.45, 2.75) is 104 Å². The first kappa shape index (κ1) is 48.8. The van der Waals surface area contributed by atoms with Crippen molar-refractivity contribution >= 4 is 52.0 Å². The summed E-state index contributed by atoms with van der Waals surface area (Å²) in [7, 11) is 3.28. The number of nitrogens with zero attached hydrogens (tertiary/aromatic N) is 7. The number of aromatic nitrogens is 3. The number of ether oxygens (including phenoxy) is 3. The summed E-state index contributed by atoms with van der Waals surface area (Å²) in [5, 5.41) is 8.10. The SMILES string of the molecule is C=CC(=O)N1CC2(COCCN2C(=O)N(C)[C@H](C(=O)N[C@H]2Cc3nc(cs3)-c3ccc4c(c3)c(c(-c3cccnc3[C@H](C)OC)n4CC)CC(C)(C)COC(=O)[C@@H]3CCCN(N3)C2=O)C(C)C)C1. The fraction of sp³-hybridized carbons (Fsp3) is 0.540. The molecule has 3 aromatic heterocycles. The smallest absolute Gasteiger partial charge is 0.324 e. The second-order valence-electron chi connectivity index (χ2n) is 19.7. The second-order valence-corrected chi connectivity index (χ2v) is 20.6. The zero-order chi connectivity index (χ0) is 48.7. The molecule has 3 fully saturated rings. The van der Waals surface area contributed by atoms with E-state index in [2.05, 4.69) is 66.9 Å². The Kier molecular flexibility index (Phi) is 14.1. The Labute approximate surface area is 402 Å². The molecule has 0 saturated carbocycles. The zero-order valence-corrected chi connectivity index (χ0v) is 41.3. The molecular formula is C50H65N9O8S. The lowest BCUT2D eigenvalue weighted by Crippen LogP contribution is -2.77. The van der Waals surface area contributed by atoms with Gasteiger partial charge in [0.05, 0.1) is 48.0 Å². The van der Waals surface area contributed by atoms with Gasteiger partial charge in [-0.3, -0.25) is 29.2 Å². The van der Waals surface area contributed by atoms with Gasteiger partial charge in [-0.25, -0.2) is 15.2 Å². The first-order valence-electron chi connectivity index (χ1n) is 23.7. The van der Waals surface area contributed by atoms with Crippen LogP contribution in [0, 0.1) is 11.3 Å². The number of hydrogen-bond donors (Lipinski definition) is 2. The van der Waals surface area contributed by atoms with E-state index in [1.54, 1.807) is 30.2 Å². The minimum Gasteiger partial charge on any atom is -0.464 e. The molecule has 0 radical (unpaired) electrons. The van der Waals surface area contributed by atoms with Gasteiger partial charge in [-0.2, -0.15) is 0 Å². The Morgan fingerprint density at radius 2 is 1.91 bits per heavy atom. The van der Waals surface area contributed by atoms with E-state index in [1.165, 1.54) is 27.3 Å². The van der Waals surface area contributed by atoms with Gasteiger partial charge in [0.15, 0.2) is 0 Å². The number of likely N-dealkylation sites (tertiary alicyclic amines) is 1. The molecule has 3 saturated heterocycles. The number of aryl methyl sites for hydroxylation is 1. The van der Waals surface area contributed by atoms with Crippen LogP contribution >= 0.6 is 11.3 Å². The van der Waals surface area contributed by atoms with Crippen molar-refractivity contribution in [3.63, 3.8) is 0 Å². The number of hydrazine groups is 1. The number of benzene rings is 1. The van der Waals surface area contributed by atoms with Crippen LogP contribution in [0.4, 0.5) is 4.79 Å². The van der Waals surface area contributed by atoms with Crippen LogP contribution < -0.4 is 10.7 Å². The number of fused-ring (bicyclic) bond motifs is 6. The molecule has 17 nitrogen and oxygen atoms in total. The summed E-state index contributed by atoms with van der Waals surface area (Å²) in [6.45, 7) is 18.2. The van der Waals surface area contributed by atoms with E-state index in [4.69, 9.17) is 24.2 Å². The van der Waals surface area contributed by atoms with Crippen molar-refractivity contribution in [3.8, 4) is 22.5 Å². The third-order valence-electron chi connectivity index (χ3n) is 13.9. The van der Waals surface area contributed by atoms with Crippen LogP contribution in [0.2, 0.25) is 0 Å². The van der Waals surface area contributed by atoms with Crippen molar-refractivity contribution in [3.05, 3.63) is 70.8 Å². The number of likely N-dealkylation sites (N-methyl/N-ethyl adjacent to an activating group) is 1. The molecule has 18 heteroatoms. The maximum Gasteiger partial charge on any atom is 0.324 e. The number of thiazole rings is 1. The van der Waals surface area contributed by atoms with Crippen molar-refractivity contribution in [2.75, 3.05) is 60.2 Å². The molecule has 8 rings (SSSR count). The highest BCUT2D eigenvalue weighted by Crippen LogP contribution is 2.42. The first-order valence-corrected chi connectivity index (χ1v) is 24.5. The third-order valence-corrected chi connectivity index (χ3v) is 14.7. The highest BCUT2D eigenvalue weighted by atomic mass is 32.1. The number of pyridine rings is 1. The summed E-state index contributed by atoms with van der Waals surface area (Å²) >= 11 is 1.40. The Hall–Kier alpha value is -5.69. The Morgan fingerprint density at radius 3 is 2.63 bits per heavy atom. The molecule has 6 bridgehead atoms. The number of hydrogen-bond acceptors (Lipinski definition) is 12.